The third kappa shape index (κ3) is 4.45. The summed E-state index contributed by atoms with van der Waals surface area (Å²) in [6.07, 6.45) is 0.0120. The van der Waals surface area contributed by atoms with Gasteiger partial charge in [-0.3, -0.25) is 9.59 Å². The normalized spacial score (nSPS) is 21.6. The summed E-state index contributed by atoms with van der Waals surface area (Å²) in [7, 11) is 3.30. The predicted octanol–water partition coefficient (Wildman–Crippen LogP) is 2.58. The second-order valence-electron chi connectivity index (χ2n) is 7.38. The zero-order valence-corrected chi connectivity index (χ0v) is 16.7. The third-order valence-electron chi connectivity index (χ3n) is 5.20. The van der Waals surface area contributed by atoms with Gasteiger partial charge in [0.25, 0.3) is 5.91 Å². The number of carbonyl (C=O) groups excluding carboxylic acids is 2. The molecule has 0 saturated heterocycles. The number of hydrogen-bond acceptors (Lipinski definition) is 3. The van der Waals surface area contributed by atoms with Crippen molar-refractivity contribution >= 4 is 40.4 Å². The Kier molecular flexibility index (Phi) is 5.97. The number of amides is 3. The first kappa shape index (κ1) is 20.9. The molecule has 10 heteroatoms. The number of hydrogen-bond donors (Lipinski definition) is 4. The maximum atomic E-state index is 14.1. The molecule has 0 bridgehead atoms. The van der Waals surface area contributed by atoms with Crippen LogP contribution in [0.4, 0.5) is 9.18 Å². The fraction of sp³-hybridized carbons (Fsp3) is 0.421. The van der Waals surface area contributed by atoms with Gasteiger partial charge < -0.3 is 25.6 Å². The SMILES string of the molecule is CN(C)C(=O)[C@H]1CC[C@H](NC(=O)c2cc3c(F)c(Cl)ccc3[nH]2)[C@H](NC(=O)O)C1. The van der Waals surface area contributed by atoms with Crippen molar-refractivity contribution in [2.24, 2.45) is 5.92 Å². The van der Waals surface area contributed by atoms with Gasteiger partial charge in [-0.1, -0.05) is 11.6 Å². The van der Waals surface area contributed by atoms with Gasteiger partial charge in [-0.15, -0.1) is 0 Å². The first-order valence-electron chi connectivity index (χ1n) is 9.15. The number of H-pyrrole nitrogens is 1. The van der Waals surface area contributed by atoms with Gasteiger partial charge in [-0.25, -0.2) is 9.18 Å². The molecule has 1 saturated carbocycles. The van der Waals surface area contributed by atoms with Crippen molar-refractivity contribution < 1.29 is 23.9 Å². The fourth-order valence-electron chi connectivity index (χ4n) is 3.76. The number of rotatable bonds is 4. The number of benzene rings is 1. The zero-order valence-electron chi connectivity index (χ0n) is 16.0. The summed E-state index contributed by atoms with van der Waals surface area (Å²) in [5, 5.41) is 14.5. The molecular formula is C19H22ClFN4O4. The average molecular weight is 425 g/mol. The van der Waals surface area contributed by atoms with E-state index in [1.165, 1.54) is 17.0 Å². The van der Waals surface area contributed by atoms with E-state index in [2.05, 4.69) is 15.6 Å². The van der Waals surface area contributed by atoms with Gasteiger partial charge in [0.1, 0.15) is 5.69 Å². The van der Waals surface area contributed by atoms with Gasteiger partial charge in [0, 0.05) is 37.0 Å². The first-order valence-corrected chi connectivity index (χ1v) is 9.53. The van der Waals surface area contributed by atoms with E-state index in [9.17, 15) is 18.8 Å². The second-order valence-corrected chi connectivity index (χ2v) is 7.79. The molecule has 1 aromatic carbocycles. The lowest BCUT2D eigenvalue weighted by molar-refractivity contribution is -0.134. The molecule has 3 rings (SSSR count). The van der Waals surface area contributed by atoms with Crippen LogP contribution >= 0.6 is 11.6 Å². The Morgan fingerprint density at radius 2 is 1.93 bits per heavy atom. The van der Waals surface area contributed by atoms with E-state index >= 15 is 0 Å². The minimum absolute atomic E-state index is 0.0435. The van der Waals surface area contributed by atoms with Gasteiger partial charge in [0.15, 0.2) is 5.82 Å². The number of carbonyl (C=O) groups is 3. The average Bonchev–Trinajstić information content (AvgIpc) is 3.10. The Hall–Kier alpha value is -2.81. The highest BCUT2D eigenvalue weighted by Gasteiger charge is 2.36. The molecule has 1 fully saturated rings. The lowest BCUT2D eigenvalue weighted by Crippen LogP contribution is -2.55. The summed E-state index contributed by atoms with van der Waals surface area (Å²) in [4.78, 5) is 40.4. The summed E-state index contributed by atoms with van der Waals surface area (Å²) >= 11 is 5.78. The molecule has 4 N–H and O–H groups in total. The summed E-state index contributed by atoms with van der Waals surface area (Å²) < 4.78 is 14.1. The topological polar surface area (TPSA) is 115 Å². The smallest absolute Gasteiger partial charge is 0.404 e. The maximum Gasteiger partial charge on any atom is 0.404 e. The molecule has 0 unspecified atom stereocenters. The quantitative estimate of drug-likeness (QED) is 0.603. The minimum atomic E-state index is -1.23. The van der Waals surface area contributed by atoms with Crippen molar-refractivity contribution in [3.05, 3.63) is 34.7 Å². The predicted molar refractivity (Wildman–Crippen MR) is 106 cm³/mol. The van der Waals surface area contributed by atoms with E-state index in [4.69, 9.17) is 16.7 Å². The maximum absolute atomic E-state index is 14.1. The van der Waals surface area contributed by atoms with E-state index in [0.717, 1.165) is 0 Å². The van der Waals surface area contributed by atoms with Crippen LogP contribution in [0.2, 0.25) is 5.02 Å². The van der Waals surface area contributed by atoms with Crippen LogP contribution in [0.25, 0.3) is 10.9 Å². The Balaban J connectivity index is 1.76. The Morgan fingerprint density at radius 3 is 2.59 bits per heavy atom. The molecule has 1 heterocycles. The minimum Gasteiger partial charge on any atom is -0.465 e. The van der Waals surface area contributed by atoms with Crippen molar-refractivity contribution in [2.45, 2.75) is 31.3 Å². The van der Waals surface area contributed by atoms with Crippen molar-refractivity contribution in [1.29, 1.82) is 0 Å². The molecule has 3 atom stereocenters. The van der Waals surface area contributed by atoms with E-state index in [1.54, 1.807) is 20.2 Å². The first-order chi connectivity index (χ1) is 13.7. The number of halogens is 2. The molecule has 8 nitrogen and oxygen atoms in total. The highest BCUT2D eigenvalue weighted by molar-refractivity contribution is 6.31. The van der Waals surface area contributed by atoms with Crippen LogP contribution in [0.1, 0.15) is 29.8 Å². The van der Waals surface area contributed by atoms with Crippen molar-refractivity contribution in [1.82, 2.24) is 20.5 Å². The van der Waals surface area contributed by atoms with Gasteiger partial charge >= 0.3 is 6.09 Å². The molecule has 1 aliphatic rings. The van der Waals surface area contributed by atoms with E-state index in [0.29, 0.717) is 18.4 Å². The van der Waals surface area contributed by atoms with Crippen LogP contribution in [0, 0.1) is 11.7 Å². The molecule has 3 amide bonds. The standard InChI is InChI=1S/C19H22ClFN4O4/c1-25(2)18(27)9-3-5-13(14(7-9)24-19(28)29)23-17(26)15-8-10-12(22-15)6-4-11(20)16(10)21/h4,6,8-9,13-14,22,24H,3,5,7H2,1-2H3,(H,23,26)(H,28,29)/t9-,13-,14+/m0/s1. The van der Waals surface area contributed by atoms with Crippen molar-refractivity contribution in [3.63, 3.8) is 0 Å². The van der Waals surface area contributed by atoms with Crippen molar-refractivity contribution in [3.8, 4) is 0 Å². The number of aromatic amines is 1. The lowest BCUT2D eigenvalue weighted by atomic mass is 9.81. The molecular weight excluding hydrogens is 403 g/mol. The largest absolute Gasteiger partial charge is 0.465 e. The van der Waals surface area contributed by atoms with Crippen LogP contribution in [0.3, 0.4) is 0 Å². The molecule has 2 aromatic rings. The highest BCUT2D eigenvalue weighted by atomic mass is 35.5. The van der Waals surface area contributed by atoms with Crippen LogP contribution in [-0.2, 0) is 4.79 Å². The van der Waals surface area contributed by atoms with Gasteiger partial charge in [-0.2, -0.15) is 0 Å². The summed E-state index contributed by atoms with van der Waals surface area (Å²) in [6.45, 7) is 0. The highest BCUT2D eigenvalue weighted by Crippen LogP contribution is 2.28. The monoisotopic (exact) mass is 424 g/mol. The fourth-order valence-corrected chi connectivity index (χ4v) is 3.93. The number of carboxylic acid groups (broad SMARTS) is 1. The third-order valence-corrected chi connectivity index (χ3v) is 5.49. The van der Waals surface area contributed by atoms with Crippen LogP contribution in [-0.4, -0.2) is 59.1 Å². The van der Waals surface area contributed by atoms with E-state index in [-0.39, 0.29) is 34.3 Å². The van der Waals surface area contributed by atoms with Crippen LogP contribution in [0.5, 0.6) is 0 Å². The Bertz CT molecular complexity index is 961. The molecule has 156 valence electrons. The number of aromatic nitrogens is 1. The van der Waals surface area contributed by atoms with Gasteiger partial charge in [0.2, 0.25) is 5.91 Å². The second kappa shape index (κ2) is 8.28. The van der Waals surface area contributed by atoms with Gasteiger partial charge in [-0.05, 0) is 37.5 Å². The summed E-state index contributed by atoms with van der Waals surface area (Å²) in [5.41, 5.74) is 0.569. The molecule has 0 spiro atoms. The van der Waals surface area contributed by atoms with E-state index < -0.39 is 29.9 Å². The summed E-state index contributed by atoms with van der Waals surface area (Å²) in [5.74, 6) is -1.50. The lowest BCUT2D eigenvalue weighted by Gasteiger charge is -2.36. The Morgan fingerprint density at radius 1 is 1.21 bits per heavy atom. The van der Waals surface area contributed by atoms with Crippen LogP contribution < -0.4 is 10.6 Å². The number of nitrogens with zero attached hydrogens (tertiary/aromatic N) is 1. The van der Waals surface area contributed by atoms with Gasteiger partial charge in [0.05, 0.1) is 11.1 Å². The van der Waals surface area contributed by atoms with Crippen molar-refractivity contribution in [2.75, 3.05) is 14.1 Å². The zero-order chi connectivity index (χ0) is 21.3. The molecule has 29 heavy (non-hydrogen) atoms. The Labute approximate surface area is 171 Å². The molecule has 1 aromatic heterocycles. The molecule has 0 aliphatic heterocycles. The van der Waals surface area contributed by atoms with E-state index in [1.807, 2.05) is 0 Å². The number of fused-ring (bicyclic) bond motifs is 1. The van der Waals surface area contributed by atoms with Crippen LogP contribution in [0.15, 0.2) is 18.2 Å². The summed E-state index contributed by atoms with van der Waals surface area (Å²) in [6, 6.07) is 3.23. The number of nitrogens with one attached hydrogen (secondary N) is 3. The molecule has 0 radical (unpaired) electrons. The molecule has 1 aliphatic carbocycles.